The van der Waals surface area contributed by atoms with Gasteiger partial charge in [-0.1, -0.05) is 11.6 Å². The van der Waals surface area contributed by atoms with Gasteiger partial charge >= 0.3 is 6.18 Å². The zero-order valence-corrected chi connectivity index (χ0v) is 19.1. The zero-order chi connectivity index (χ0) is 23.2. The van der Waals surface area contributed by atoms with Gasteiger partial charge in [-0.05, 0) is 32.0 Å². The molecule has 1 N–H and O–H groups in total. The van der Waals surface area contributed by atoms with Crippen molar-refractivity contribution in [2.24, 2.45) is 0 Å². The first-order chi connectivity index (χ1) is 14.2. The summed E-state index contributed by atoms with van der Waals surface area (Å²) in [7, 11) is -4.20. The van der Waals surface area contributed by atoms with Crippen molar-refractivity contribution in [3.8, 4) is 0 Å². The van der Waals surface area contributed by atoms with E-state index >= 15 is 0 Å². The molecule has 0 radical (unpaired) electrons. The fourth-order valence-corrected chi connectivity index (χ4v) is 5.94. The van der Waals surface area contributed by atoms with Gasteiger partial charge in [-0.15, -0.1) is 11.8 Å². The van der Waals surface area contributed by atoms with Crippen LogP contribution < -0.4 is 5.32 Å². The fraction of sp³-hybridized carbons (Fsp3) is 0.556. The van der Waals surface area contributed by atoms with E-state index in [0.717, 1.165) is 16.4 Å². The molecule has 1 aromatic carbocycles. The fourth-order valence-electron chi connectivity index (χ4n) is 3.26. The lowest BCUT2D eigenvalue weighted by Crippen LogP contribution is -2.60. The highest BCUT2D eigenvalue weighted by molar-refractivity contribution is 8.01. The molecule has 13 heteroatoms. The van der Waals surface area contributed by atoms with Crippen LogP contribution in [0.5, 0.6) is 0 Å². The first kappa shape index (κ1) is 24.1. The highest BCUT2D eigenvalue weighted by Gasteiger charge is 2.41. The van der Waals surface area contributed by atoms with Crippen LogP contribution in [0.15, 0.2) is 23.1 Å². The van der Waals surface area contributed by atoms with Crippen LogP contribution in [0.4, 0.5) is 13.2 Å². The third kappa shape index (κ3) is 4.96. The van der Waals surface area contributed by atoms with Crippen molar-refractivity contribution in [3.63, 3.8) is 0 Å². The lowest BCUT2D eigenvalue weighted by Gasteiger charge is -2.38. The topological polar surface area (TPSA) is 86.8 Å². The SMILES string of the molecule is CC1(C)SC[C@H](C(=O)N2CCN(S(=O)(=O)c3ccc(Cl)c(C(F)(F)F)c3)CC2)NC1=O. The largest absolute Gasteiger partial charge is 0.417 e. The Bertz CT molecular complexity index is 993. The molecule has 7 nitrogen and oxygen atoms in total. The lowest BCUT2D eigenvalue weighted by atomic mass is 10.1. The highest BCUT2D eigenvalue weighted by atomic mass is 35.5. The molecule has 172 valence electrons. The van der Waals surface area contributed by atoms with E-state index in [-0.39, 0.29) is 38.0 Å². The number of carbonyl (C=O) groups excluding carboxylic acids is 2. The second kappa shape index (κ2) is 8.45. The molecule has 2 saturated heterocycles. The standard InChI is InChI=1S/C18H21ClF3N3O4S2/c1-17(2)16(27)23-14(10-30-17)15(26)24-5-7-25(8-6-24)31(28,29)11-3-4-13(19)12(9-11)18(20,21)22/h3-4,9,14H,5-8,10H2,1-2H3,(H,23,27)/t14-/m1/s1. The molecule has 2 amide bonds. The van der Waals surface area contributed by atoms with Gasteiger partial charge in [0.2, 0.25) is 21.8 Å². The normalized spacial score (nSPS) is 22.8. The van der Waals surface area contributed by atoms with Gasteiger partial charge < -0.3 is 10.2 Å². The predicted molar refractivity (Wildman–Crippen MR) is 110 cm³/mol. The molecule has 31 heavy (non-hydrogen) atoms. The highest BCUT2D eigenvalue weighted by Crippen LogP contribution is 2.36. The maximum Gasteiger partial charge on any atom is 0.417 e. The number of thioether (sulfide) groups is 1. The Morgan fingerprint density at radius 1 is 1.23 bits per heavy atom. The molecule has 0 aromatic heterocycles. The second-order valence-corrected chi connectivity index (χ2v) is 11.7. The molecule has 0 unspecified atom stereocenters. The third-order valence-corrected chi connectivity index (χ3v) is 8.82. The number of piperazine rings is 1. The quantitative estimate of drug-likeness (QED) is 0.689. The maximum atomic E-state index is 13.1. The summed E-state index contributed by atoms with van der Waals surface area (Å²) in [5.74, 6) is -0.146. The van der Waals surface area contributed by atoms with Crippen LogP contribution >= 0.6 is 23.4 Å². The number of alkyl halides is 3. The van der Waals surface area contributed by atoms with E-state index in [2.05, 4.69) is 5.32 Å². The molecular formula is C18H21ClF3N3O4S2. The molecule has 0 aliphatic carbocycles. The van der Waals surface area contributed by atoms with Gasteiger partial charge in [0.15, 0.2) is 0 Å². The number of sulfonamides is 1. The van der Waals surface area contributed by atoms with Gasteiger partial charge in [-0.3, -0.25) is 9.59 Å². The number of rotatable bonds is 3. The second-order valence-electron chi connectivity index (χ2n) is 7.72. The molecule has 2 aliphatic heterocycles. The molecule has 2 heterocycles. The minimum Gasteiger partial charge on any atom is -0.342 e. The van der Waals surface area contributed by atoms with E-state index in [1.807, 2.05) is 0 Å². The smallest absolute Gasteiger partial charge is 0.342 e. The van der Waals surface area contributed by atoms with Crippen LogP contribution in [0, 0.1) is 0 Å². The summed E-state index contributed by atoms with van der Waals surface area (Å²) in [6, 6.07) is 1.76. The van der Waals surface area contributed by atoms with Crippen molar-refractivity contribution in [1.82, 2.24) is 14.5 Å². The third-order valence-electron chi connectivity index (χ3n) is 5.19. The average molecular weight is 500 g/mol. The van der Waals surface area contributed by atoms with E-state index in [9.17, 15) is 31.2 Å². The molecular weight excluding hydrogens is 479 g/mol. The molecule has 0 bridgehead atoms. The molecule has 3 rings (SSSR count). The van der Waals surface area contributed by atoms with Crippen molar-refractivity contribution in [3.05, 3.63) is 28.8 Å². The van der Waals surface area contributed by atoms with Gasteiger partial charge in [0, 0.05) is 31.9 Å². The summed E-state index contributed by atoms with van der Waals surface area (Å²) in [5.41, 5.74) is -1.22. The molecule has 0 spiro atoms. The summed E-state index contributed by atoms with van der Waals surface area (Å²) in [6.07, 6.45) is -4.79. The van der Waals surface area contributed by atoms with E-state index in [1.165, 1.54) is 16.7 Å². The lowest BCUT2D eigenvalue weighted by molar-refractivity contribution is -0.138. The van der Waals surface area contributed by atoms with Crippen molar-refractivity contribution in [1.29, 1.82) is 0 Å². The van der Waals surface area contributed by atoms with Crippen molar-refractivity contribution in [2.45, 2.75) is 35.7 Å². The number of halogens is 4. The Morgan fingerprint density at radius 3 is 2.39 bits per heavy atom. The Morgan fingerprint density at radius 2 is 1.84 bits per heavy atom. The van der Waals surface area contributed by atoms with Crippen LogP contribution in [0.2, 0.25) is 5.02 Å². The van der Waals surface area contributed by atoms with E-state index in [0.29, 0.717) is 11.8 Å². The van der Waals surface area contributed by atoms with Crippen LogP contribution in [0.1, 0.15) is 19.4 Å². The van der Waals surface area contributed by atoms with E-state index < -0.39 is 42.5 Å². The Kier molecular flexibility index (Phi) is 6.58. The summed E-state index contributed by atoms with van der Waals surface area (Å²) in [4.78, 5) is 25.8. The maximum absolute atomic E-state index is 13.1. The van der Waals surface area contributed by atoms with Crippen molar-refractivity contribution < 1.29 is 31.2 Å². The summed E-state index contributed by atoms with van der Waals surface area (Å²) in [5, 5.41) is 2.11. The minimum atomic E-state index is -4.79. The van der Waals surface area contributed by atoms with Crippen molar-refractivity contribution >= 4 is 45.2 Å². The van der Waals surface area contributed by atoms with Gasteiger partial charge in [0.1, 0.15) is 6.04 Å². The van der Waals surface area contributed by atoms with E-state index in [4.69, 9.17) is 11.6 Å². The molecule has 0 saturated carbocycles. The number of amides is 2. The first-order valence-electron chi connectivity index (χ1n) is 9.34. The van der Waals surface area contributed by atoms with Crippen molar-refractivity contribution in [2.75, 3.05) is 31.9 Å². The molecule has 1 atom stereocenters. The molecule has 1 aromatic rings. The number of hydrogen-bond donors (Lipinski definition) is 1. The number of nitrogens with one attached hydrogen (secondary N) is 1. The number of benzene rings is 1. The number of nitrogens with zero attached hydrogens (tertiary/aromatic N) is 2. The van der Waals surface area contributed by atoms with Gasteiger partial charge in [0.05, 0.1) is 20.2 Å². The van der Waals surface area contributed by atoms with Gasteiger partial charge in [-0.25, -0.2) is 8.42 Å². The Balaban J connectivity index is 1.68. The summed E-state index contributed by atoms with van der Waals surface area (Å²) in [6.45, 7) is 3.52. The minimum absolute atomic E-state index is 0.0677. The predicted octanol–water partition coefficient (Wildman–Crippen LogP) is 2.20. The van der Waals surface area contributed by atoms with E-state index in [1.54, 1.807) is 13.8 Å². The monoisotopic (exact) mass is 499 g/mol. The van der Waals surface area contributed by atoms with Gasteiger partial charge in [0.25, 0.3) is 0 Å². The summed E-state index contributed by atoms with van der Waals surface area (Å²) >= 11 is 6.94. The molecule has 2 aliphatic rings. The average Bonchev–Trinajstić information content (AvgIpc) is 2.69. The van der Waals surface area contributed by atoms with Crippen LogP contribution in [-0.2, 0) is 25.8 Å². The number of carbonyl (C=O) groups is 2. The van der Waals surface area contributed by atoms with Crippen LogP contribution in [0.25, 0.3) is 0 Å². The summed E-state index contributed by atoms with van der Waals surface area (Å²) < 4.78 is 65.3. The number of hydrogen-bond acceptors (Lipinski definition) is 5. The van der Waals surface area contributed by atoms with Gasteiger partial charge in [-0.2, -0.15) is 17.5 Å². The molecule has 2 fully saturated rings. The zero-order valence-electron chi connectivity index (χ0n) is 16.7. The van der Waals surface area contributed by atoms with Crippen LogP contribution in [0.3, 0.4) is 0 Å². The first-order valence-corrected chi connectivity index (χ1v) is 12.1. The Hall–Kier alpha value is -1.50. The van der Waals surface area contributed by atoms with Crippen LogP contribution in [-0.4, -0.2) is 72.2 Å². The Labute approximate surface area is 187 Å².